The largest absolute Gasteiger partial charge is 0.490 e. The van der Waals surface area contributed by atoms with Crippen molar-refractivity contribution in [3.63, 3.8) is 0 Å². The molecule has 1 spiro atoms. The van der Waals surface area contributed by atoms with Crippen LogP contribution < -0.4 is 14.4 Å². The molecular formula is C30H35ClN2O4S. The van der Waals surface area contributed by atoms with Gasteiger partial charge in [-0.2, -0.15) is 0 Å². The van der Waals surface area contributed by atoms with Crippen LogP contribution in [0.1, 0.15) is 66.4 Å². The quantitative estimate of drug-likeness (QED) is 0.427. The number of hydrogen-bond donors (Lipinski definition) is 1. The molecule has 2 heterocycles. The van der Waals surface area contributed by atoms with Crippen molar-refractivity contribution in [2.24, 2.45) is 11.8 Å². The number of nitrogens with zero attached hydrogens (tertiary/aromatic N) is 1. The first-order chi connectivity index (χ1) is 18.3. The first-order valence-electron chi connectivity index (χ1n) is 13.8. The van der Waals surface area contributed by atoms with Crippen molar-refractivity contribution in [1.82, 2.24) is 4.72 Å². The molecule has 0 unspecified atom stereocenters. The van der Waals surface area contributed by atoms with Crippen molar-refractivity contribution < 1.29 is 17.9 Å². The minimum Gasteiger partial charge on any atom is -0.490 e. The Kier molecular flexibility index (Phi) is 6.93. The van der Waals surface area contributed by atoms with Crippen LogP contribution in [-0.2, 0) is 21.9 Å². The Balaban J connectivity index is 1.40. The average molecular weight is 555 g/mol. The number of sulfonamides is 1. The predicted octanol–water partition coefficient (Wildman–Crippen LogP) is 5.64. The van der Waals surface area contributed by atoms with Gasteiger partial charge < -0.3 is 9.64 Å². The molecule has 202 valence electrons. The molecule has 2 aromatic carbocycles. The smallest absolute Gasteiger partial charge is 0.264 e. The minimum absolute atomic E-state index is 0.173. The maximum atomic E-state index is 13.0. The Morgan fingerprint density at radius 2 is 1.89 bits per heavy atom. The van der Waals surface area contributed by atoms with Gasteiger partial charge in [-0.15, -0.1) is 0 Å². The topological polar surface area (TPSA) is 75.7 Å². The molecular weight excluding hydrogens is 520 g/mol. The van der Waals surface area contributed by atoms with E-state index >= 15 is 0 Å². The van der Waals surface area contributed by atoms with Crippen molar-refractivity contribution in [3.05, 3.63) is 70.3 Å². The van der Waals surface area contributed by atoms with Crippen LogP contribution in [0.4, 0.5) is 5.69 Å². The van der Waals surface area contributed by atoms with Gasteiger partial charge >= 0.3 is 0 Å². The molecule has 1 amide bonds. The molecule has 0 saturated heterocycles. The molecule has 1 N–H and O–H groups in total. The number of halogens is 1. The standard InChI is InChI=1S/C30H35ClN2O4S/c31-25-11-12-26-22(16-25)7-5-14-30(26)19-33-18-24-9-8-21(24)6-3-1-2-4-15-38(35,36)32-29(34)23-10-13-28(37-20-30)27(33)17-23/h2,4,10-13,16-17,21,24H,1,3,5-9,14-15,18-20H2,(H,32,34)/b4-2-/t21-,24+,30+/m1/s1. The van der Waals surface area contributed by atoms with Crippen molar-refractivity contribution >= 4 is 33.2 Å². The highest BCUT2D eigenvalue weighted by Crippen LogP contribution is 2.46. The molecule has 2 aliphatic carbocycles. The van der Waals surface area contributed by atoms with Crippen LogP contribution in [0.2, 0.25) is 5.02 Å². The first-order valence-corrected chi connectivity index (χ1v) is 15.9. The zero-order valence-electron chi connectivity index (χ0n) is 21.6. The van der Waals surface area contributed by atoms with Gasteiger partial charge in [-0.25, -0.2) is 13.1 Å². The van der Waals surface area contributed by atoms with Crippen LogP contribution in [0, 0.1) is 11.8 Å². The van der Waals surface area contributed by atoms with Gasteiger partial charge in [0.15, 0.2) is 0 Å². The highest BCUT2D eigenvalue weighted by Gasteiger charge is 2.43. The van der Waals surface area contributed by atoms with E-state index in [-0.39, 0.29) is 11.2 Å². The highest BCUT2D eigenvalue weighted by atomic mass is 35.5. The number of carbonyl (C=O) groups is 1. The molecule has 8 heteroatoms. The third-order valence-corrected chi connectivity index (χ3v) is 10.4. The van der Waals surface area contributed by atoms with E-state index in [1.165, 1.54) is 24.0 Å². The van der Waals surface area contributed by atoms with Crippen LogP contribution in [0.5, 0.6) is 5.75 Å². The Labute approximate surface area is 230 Å². The van der Waals surface area contributed by atoms with E-state index in [9.17, 15) is 13.2 Å². The number of carbonyl (C=O) groups excluding carboxylic acids is 1. The maximum Gasteiger partial charge on any atom is 0.264 e. The molecule has 38 heavy (non-hydrogen) atoms. The second-order valence-electron chi connectivity index (χ2n) is 11.5. The summed E-state index contributed by atoms with van der Waals surface area (Å²) in [5, 5.41) is 0.765. The molecule has 6 nitrogen and oxygen atoms in total. The summed E-state index contributed by atoms with van der Waals surface area (Å²) in [6, 6.07) is 11.6. The van der Waals surface area contributed by atoms with E-state index in [4.69, 9.17) is 16.3 Å². The molecule has 0 radical (unpaired) electrons. The van der Waals surface area contributed by atoms with Gasteiger partial charge in [-0.3, -0.25) is 4.79 Å². The van der Waals surface area contributed by atoms with Crippen molar-refractivity contribution in [1.29, 1.82) is 0 Å². The van der Waals surface area contributed by atoms with Crippen molar-refractivity contribution in [2.75, 3.05) is 30.3 Å². The number of rotatable bonds is 0. The van der Waals surface area contributed by atoms with E-state index in [0.29, 0.717) is 24.0 Å². The molecule has 2 aliphatic heterocycles. The zero-order chi connectivity index (χ0) is 26.3. The molecule has 2 aromatic rings. The Bertz CT molecular complexity index is 1370. The first kappa shape index (κ1) is 25.8. The van der Waals surface area contributed by atoms with E-state index in [2.05, 4.69) is 21.8 Å². The fourth-order valence-electron chi connectivity index (χ4n) is 6.85. The number of anilines is 1. The second-order valence-corrected chi connectivity index (χ2v) is 13.7. The molecule has 2 bridgehead atoms. The lowest BCUT2D eigenvalue weighted by atomic mass is 9.68. The monoisotopic (exact) mass is 554 g/mol. The van der Waals surface area contributed by atoms with E-state index in [1.807, 2.05) is 24.3 Å². The fourth-order valence-corrected chi connectivity index (χ4v) is 7.92. The van der Waals surface area contributed by atoms with Crippen LogP contribution in [0.15, 0.2) is 48.6 Å². The van der Waals surface area contributed by atoms with Gasteiger partial charge in [0, 0.05) is 29.1 Å². The lowest BCUT2D eigenvalue weighted by Crippen LogP contribution is -2.48. The summed E-state index contributed by atoms with van der Waals surface area (Å²) in [7, 11) is -3.76. The van der Waals surface area contributed by atoms with Crippen LogP contribution >= 0.6 is 11.6 Å². The van der Waals surface area contributed by atoms with E-state index in [0.717, 1.165) is 68.1 Å². The van der Waals surface area contributed by atoms with Gasteiger partial charge in [0.05, 0.1) is 18.0 Å². The molecule has 1 saturated carbocycles. The maximum absolute atomic E-state index is 13.0. The average Bonchev–Trinajstić information content (AvgIpc) is 3.02. The predicted molar refractivity (Wildman–Crippen MR) is 151 cm³/mol. The minimum atomic E-state index is -3.76. The number of allylic oxidation sites excluding steroid dienone is 1. The van der Waals surface area contributed by atoms with Gasteiger partial charge in [0.1, 0.15) is 5.75 Å². The summed E-state index contributed by atoms with van der Waals surface area (Å²) < 4.78 is 33.8. The van der Waals surface area contributed by atoms with Crippen molar-refractivity contribution in [3.8, 4) is 5.75 Å². The molecule has 1 fully saturated rings. The number of aryl methyl sites for hydroxylation is 1. The summed E-state index contributed by atoms with van der Waals surface area (Å²) >= 11 is 6.37. The number of benzene rings is 2. The van der Waals surface area contributed by atoms with Crippen LogP contribution in [0.3, 0.4) is 0 Å². The molecule has 6 rings (SSSR count). The number of fused-ring (bicyclic) bond motifs is 4. The number of amides is 1. The van der Waals surface area contributed by atoms with Gasteiger partial charge in [-0.05, 0) is 105 Å². The van der Waals surface area contributed by atoms with Gasteiger partial charge in [-0.1, -0.05) is 29.8 Å². The highest BCUT2D eigenvalue weighted by molar-refractivity contribution is 7.90. The SMILES string of the molecule is O=C1NS(=O)(=O)C/C=C\CCC[C@@H]2CC[C@H]2CN2C[C@@]3(CCCc4cc(Cl)ccc43)COc3ccc1cc32. The Hall–Kier alpha value is -2.51. The van der Waals surface area contributed by atoms with E-state index < -0.39 is 15.9 Å². The fraction of sp³-hybridized carbons (Fsp3) is 0.500. The third-order valence-electron chi connectivity index (χ3n) is 9.01. The molecule has 4 aliphatic rings. The molecule has 0 aromatic heterocycles. The van der Waals surface area contributed by atoms with Gasteiger partial charge in [0.25, 0.3) is 5.91 Å². The number of hydrogen-bond acceptors (Lipinski definition) is 5. The number of ether oxygens (including phenoxy) is 1. The van der Waals surface area contributed by atoms with Crippen LogP contribution in [0.25, 0.3) is 0 Å². The normalized spacial score (nSPS) is 29.6. The third kappa shape index (κ3) is 5.07. The Morgan fingerprint density at radius 3 is 2.74 bits per heavy atom. The summed E-state index contributed by atoms with van der Waals surface area (Å²) in [6.45, 7) is 2.26. The van der Waals surface area contributed by atoms with Crippen LogP contribution in [-0.4, -0.2) is 39.8 Å². The summed E-state index contributed by atoms with van der Waals surface area (Å²) in [6.07, 6.45) is 12.2. The zero-order valence-corrected chi connectivity index (χ0v) is 23.2. The Morgan fingerprint density at radius 1 is 1.03 bits per heavy atom. The summed E-state index contributed by atoms with van der Waals surface area (Å²) in [5.41, 5.74) is 3.65. The van der Waals surface area contributed by atoms with Gasteiger partial charge in [0.2, 0.25) is 10.0 Å². The second kappa shape index (κ2) is 10.2. The summed E-state index contributed by atoms with van der Waals surface area (Å²) in [4.78, 5) is 15.5. The lowest BCUT2D eigenvalue weighted by Gasteiger charge is -2.44. The lowest BCUT2D eigenvalue weighted by molar-refractivity contribution is 0.0981. The summed E-state index contributed by atoms with van der Waals surface area (Å²) in [5.74, 6) is 1.22. The van der Waals surface area contributed by atoms with Crippen molar-refractivity contribution in [2.45, 2.75) is 56.8 Å². The number of nitrogens with one attached hydrogen (secondary N) is 1. The van der Waals surface area contributed by atoms with E-state index in [1.54, 1.807) is 12.1 Å². The molecule has 3 atom stereocenters.